The normalized spacial score (nSPS) is 10.3. The minimum absolute atomic E-state index is 0.0175. The fourth-order valence-electron chi connectivity index (χ4n) is 1.76. The molecular formula is C14H13BrN6O4S. The number of hydrogen-bond acceptors (Lipinski definition) is 7. The minimum Gasteiger partial charge on any atom is -0.467 e. The van der Waals surface area contributed by atoms with Crippen LogP contribution in [0, 0.1) is 17.7 Å². The number of aryl methyl sites for hydroxylation is 1. The van der Waals surface area contributed by atoms with Gasteiger partial charge in [0.15, 0.2) is 0 Å². The molecule has 2 amide bonds. The van der Waals surface area contributed by atoms with Crippen LogP contribution in [0.5, 0.6) is 6.01 Å². The lowest BCUT2D eigenvalue weighted by Crippen LogP contribution is -2.38. The topological polar surface area (TPSA) is 135 Å². The number of halogens is 1. The first kappa shape index (κ1) is 19.4. The Kier molecular flexibility index (Phi) is 6.31. The number of ether oxygens (including phenoxy) is 1. The first-order valence-electron chi connectivity index (χ1n) is 6.92. The van der Waals surface area contributed by atoms with Gasteiger partial charge in [0.1, 0.15) is 5.82 Å². The van der Waals surface area contributed by atoms with Crippen molar-refractivity contribution in [1.29, 1.82) is 0 Å². The van der Waals surface area contributed by atoms with Crippen LogP contribution in [0.4, 0.5) is 16.4 Å². The number of anilines is 2. The molecule has 1 aromatic carbocycles. The van der Waals surface area contributed by atoms with E-state index < -0.39 is 16.2 Å². The van der Waals surface area contributed by atoms with Gasteiger partial charge in [-0.05, 0) is 23.9 Å². The van der Waals surface area contributed by atoms with Gasteiger partial charge in [-0.15, -0.1) is 0 Å². The molecule has 2 rings (SSSR count). The number of methoxy groups -OCH3 is 1. The van der Waals surface area contributed by atoms with Gasteiger partial charge in [-0.2, -0.15) is 23.4 Å². The van der Waals surface area contributed by atoms with E-state index in [1.165, 1.54) is 13.2 Å². The summed E-state index contributed by atoms with van der Waals surface area (Å²) in [5.41, 5.74) is 0.630. The van der Waals surface area contributed by atoms with Crippen molar-refractivity contribution in [2.24, 2.45) is 0 Å². The van der Waals surface area contributed by atoms with E-state index in [9.17, 15) is 13.2 Å². The van der Waals surface area contributed by atoms with Crippen LogP contribution >= 0.6 is 15.9 Å². The molecule has 1 heterocycles. The van der Waals surface area contributed by atoms with E-state index in [-0.39, 0.29) is 23.5 Å². The molecule has 0 aliphatic heterocycles. The Labute approximate surface area is 158 Å². The van der Waals surface area contributed by atoms with Crippen LogP contribution in [-0.2, 0) is 10.2 Å². The molecule has 10 nitrogen and oxygen atoms in total. The van der Waals surface area contributed by atoms with Gasteiger partial charge in [0.05, 0.1) is 12.8 Å². The number of rotatable bonds is 5. The SMILES string of the molecule is COc1nc(C)nc(NC(=O)NS(=O)(=O)Nc2ccccc2C#CBr)n1. The van der Waals surface area contributed by atoms with E-state index in [1.54, 1.807) is 29.8 Å². The molecule has 0 atom stereocenters. The highest BCUT2D eigenvalue weighted by atomic mass is 79.9. The summed E-state index contributed by atoms with van der Waals surface area (Å²) in [6, 6.07) is 5.36. The molecule has 3 N–H and O–H groups in total. The van der Waals surface area contributed by atoms with Crippen LogP contribution in [0.3, 0.4) is 0 Å². The standard InChI is InChI=1S/C14H13BrN6O4S/c1-9-16-12(19-14(17-9)25-2)18-13(22)21-26(23,24)20-11-6-4-3-5-10(11)7-8-15/h3-6,20H,1-2H3,(H2,16,17,18,19,21,22). The lowest BCUT2D eigenvalue weighted by Gasteiger charge is -2.11. The maximum absolute atomic E-state index is 12.1. The molecule has 26 heavy (non-hydrogen) atoms. The second kappa shape index (κ2) is 8.45. The molecular weight excluding hydrogens is 428 g/mol. The van der Waals surface area contributed by atoms with E-state index in [0.717, 1.165) is 0 Å². The molecule has 0 aliphatic rings. The molecule has 0 saturated heterocycles. The Hall–Kier alpha value is -2.91. The maximum atomic E-state index is 12.1. The number of carbonyl (C=O) groups is 1. The van der Waals surface area contributed by atoms with Gasteiger partial charge < -0.3 is 4.74 Å². The van der Waals surface area contributed by atoms with Gasteiger partial charge in [-0.1, -0.05) is 18.1 Å². The third kappa shape index (κ3) is 5.57. The summed E-state index contributed by atoms with van der Waals surface area (Å²) < 4.78 is 33.1. The summed E-state index contributed by atoms with van der Waals surface area (Å²) in [6.07, 6.45) is 0. The van der Waals surface area contributed by atoms with Crippen LogP contribution in [0.1, 0.15) is 11.4 Å². The lowest BCUT2D eigenvalue weighted by molar-refractivity contribution is 0.256. The van der Waals surface area contributed by atoms with E-state index in [4.69, 9.17) is 4.74 Å². The Morgan fingerprint density at radius 3 is 2.65 bits per heavy atom. The largest absolute Gasteiger partial charge is 0.467 e. The molecule has 136 valence electrons. The van der Waals surface area contributed by atoms with Crippen molar-refractivity contribution in [2.75, 3.05) is 17.1 Å². The van der Waals surface area contributed by atoms with Crippen molar-refractivity contribution in [3.8, 4) is 16.8 Å². The van der Waals surface area contributed by atoms with Crippen LogP contribution in [0.15, 0.2) is 24.3 Å². The number of amides is 2. The Morgan fingerprint density at radius 1 is 1.23 bits per heavy atom. The average molecular weight is 441 g/mol. The monoisotopic (exact) mass is 440 g/mol. The van der Waals surface area contributed by atoms with Gasteiger partial charge >= 0.3 is 22.3 Å². The quantitative estimate of drug-likeness (QED) is 0.597. The zero-order valence-electron chi connectivity index (χ0n) is 13.6. The number of aromatic nitrogens is 3. The first-order valence-corrected chi connectivity index (χ1v) is 9.19. The molecule has 0 aliphatic carbocycles. The lowest BCUT2D eigenvalue weighted by atomic mass is 10.2. The highest BCUT2D eigenvalue weighted by Gasteiger charge is 2.17. The minimum atomic E-state index is -4.22. The number of carbonyl (C=O) groups excluding carboxylic acids is 1. The summed E-state index contributed by atoms with van der Waals surface area (Å²) >= 11 is 2.95. The third-order valence-corrected chi connectivity index (χ3v) is 3.86. The third-order valence-electron chi connectivity index (χ3n) is 2.71. The van der Waals surface area contributed by atoms with Crippen LogP contribution < -0.4 is 19.5 Å². The van der Waals surface area contributed by atoms with Crippen molar-refractivity contribution in [2.45, 2.75) is 6.92 Å². The second-order valence-corrected chi connectivity index (χ2v) is 6.43. The van der Waals surface area contributed by atoms with E-state index in [2.05, 4.69) is 51.7 Å². The van der Waals surface area contributed by atoms with Gasteiger partial charge in [0, 0.05) is 21.5 Å². The van der Waals surface area contributed by atoms with Crippen LogP contribution in [0.25, 0.3) is 0 Å². The summed E-state index contributed by atoms with van der Waals surface area (Å²) in [5, 5.41) is 2.19. The summed E-state index contributed by atoms with van der Waals surface area (Å²) in [6.45, 7) is 1.56. The summed E-state index contributed by atoms with van der Waals surface area (Å²) in [4.78, 5) is 25.9. The van der Waals surface area contributed by atoms with Crippen molar-refractivity contribution in [3.05, 3.63) is 35.7 Å². The highest BCUT2D eigenvalue weighted by Crippen LogP contribution is 2.15. The predicted molar refractivity (Wildman–Crippen MR) is 98.1 cm³/mol. The predicted octanol–water partition coefficient (Wildman–Crippen LogP) is 1.37. The van der Waals surface area contributed by atoms with E-state index >= 15 is 0 Å². The Bertz CT molecular complexity index is 986. The number of nitrogens with one attached hydrogen (secondary N) is 3. The zero-order chi connectivity index (χ0) is 19.2. The second-order valence-electron chi connectivity index (χ2n) is 4.62. The van der Waals surface area contributed by atoms with Crippen molar-refractivity contribution in [3.63, 3.8) is 0 Å². The smallest absolute Gasteiger partial charge is 0.336 e. The van der Waals surface area contributed by atoms with Gasteiger partial charge in [-0.25, -0.2) is 9.52 Å². The van der Waals surface area contributed by atoms with Crippen molar-refractivity contribution in [1.82, 2.24) is 19.7 Å². The Morgan fingerprint density at radius 2 is 1.96 bits per heavy atom. The fraction of sp³-hybridized carbons (Fsp3) is 0.143. The number of urea groups is 1. The van der Waals surface area contributed by atoms with E-state index in [1.807, 2.05) is 0 Å². The fourth-order valence-corrected chi connectivity index (χ4v) is 2.78. The number of nitrogens with zero attached hydrogens (tertiary/aromatic N) is 3. The molecule has 12 heteroatoms. The Balaban J connectivity index is 2.10. The number of para-hydroxylation sites is 1. The molecule has 0 fully saturated rings. The molecule has 0 unspecified atom stereocenters. The molecule has 0 bridgehead atoms. The number of benzene rings is 1. The zero-order valence-corrected chi connectivity index (χ0v) is 16.0. The molecule has 2 aromatic rings. The number of hydrogen-bond donors (Lipinski definition) is 3. The molecule has 0 radical (unpaired) electrons. The van der Waals surface area contributed by atoms with Crippen LogP contribution in [0.2, 0.25) is 0 Å². The van der Waals surface area contributed by atoms with Gasteiger partial charge in [-0.3, -0.25) is 10.0 Å². The average Bonchev–Trinajstić information content (AvgIpc) is 2.55. The van der Waals surface area contributed by atoms with Gasteiger partial charge in [0.25, 0.3) is 0 Å². The molecule has 0 saturated carbocycles. The summed E-state index contributed by atoms with van der Waals surface area (Å²) in [5.74, 6) is 2.81. The van der Waals surface area contributed by atoms with Crippen LogP contribution in [-0.4, -0.2) is 36.5 Å². The highest BCUT2D eigenvalue weighted by molar-refractivity contribution is 9.12. The molecule has 0 spiro atoms. The molecule has 1 aromatic heterocycles. The van der Waals surface area contributed by atoms with Gasteiger partial charge in [0.2, 0.25) is 5.95 Å². The first-order chi connectivity index (χ1) is 12.3. The van der Waals surface area contributed by atoms with Crippen molar-refractivity contribution >= 4 is 43.8 Å². The maximum Gasteiger partial charge on any atom is 0.336 e. The summed E-state index contributed by atoms with van der Waals surface area (Å²) in [7, 11) is -2.87. The van der Waals surface area contributed by atoms with Crippen molar-refractivity contribution < 1.29 is 17.9 Å². The van der Waals surface area contributed by atoms with E-state index in [0.29, 0.717) is 5.56 Å².